The van der Waals surface area contributed by atoms with Crippen molar-refractivity contribution < 1.29 is 0 Å². The topological polar surface area (TPSA) is 27.0 Å². The molecule has 1 aromatic rings. The second-order valence-electron chi connectivity index (χ2n) is 5.75. The summed E-state index contributed by atoms with van der Waals surface area (Å²) in [6.45, 7) is 7.70. The van der Waals surface area contributed by atoms with Gasteiger partial charge in [-0.2, -0.15) is 17.0 Å². The van der Waals surface area contributed by atoms with E-state index in [1.807, 2.05) is 18.2 Å². The van der Waals surface area contributed by atoms with E-state index >= 15 is 0 Å². The molecule has 1 atom stereocenters. The highest BCUT2D eigenvalue weighted by atomic mass is 32.2. The Morgan fingerprint density at radius 2 is 2.05 bits per heavy atom. The van der Waals surface area contributed by atoms with Crippen molar-refractivity contribution in [2.75, 3.05) is 25.4 Å². The Labute approximate surface area is 120 Å². The fourth-order valence-corrected chi connectivity index (χ4v) is 3.55. The average Bonchev–Trinajstić information content (AvgIpc) is 2.58. The largest absolute Gasteiger partial charge is 0.301 e. The molecule has 1 aliphatic heterocycles. The zero-order chi connectivity index (χ0) is 13.7. The van der Waals surface area contributed by atoms with E-state index < -0.39 is 0 Å². The van der Waals surface area contributed by atoms with Crippen molar-refractivity contribution >= 4 is 11.8 Å². The SMILES string of the molecule is CC1(C)CCN(CC(C#N)c2ccccc2)CCS1. The third-order valence-electron chi connectivity index (χ3n) is 3.73. The van der Waals surface area contributed by atoms with Crippen LogP contribution in [0.5, 0.6) is 0 Å². The third kappa shape index (κ3) is 4.26. The van der Waals surface area contributed by atoms with Crippen molar-refractivity contribution in [1.29, 1.82) is 5.26 Å². The van der Waals surface area contributed by atoms with Crippen LogP contribution in [-0.2, 0) is 0 Å². The van der Waals surface area contributed by atoms with Crippen molar-refractivity contribution in [2.24, 2.45) is 0 Å². The molecule has 0 aromatic heterocycles. The van der Waals surface area contributed by atoms with Gasteiger partial charge < -0.3 is 4.90 Å². The highest BCUT2D eigenvalue weighted by Crippen LogP contribution is 2.31. The first-order valence-corrected chi connectivity index (χ1v) is 7.90. The monoisotopic (exact) mass is 274 g/mol. The summed E-state index contributed by atoms with van der Waals surface area (Å²) in [4.78, 5) is 2.45. The molecule has 102 valence electrons. The molecule has 0 N–H and O–H groups in total. The van der Waals surface area contributed by atoms with Crippen LogP contribution in [0.1, 0.15) is 31.7 Å². The lowest BCUT2D eigenvalue weighted by Crippen LogP contribution is -2.31. The van der Waals surface area contributed by atoms with Gasteiger partial charge in [0.25, 0.3) is 0 Å². The molecule has 1 aromatic carbocycles. The lowest BCUT2D eigenvalue weighted by atomic mass is 10.00. The minimum absolute atomic E-state index is 0.00703. The van der Waals surface area contributed by atoms with Gasteiger partial charge in [0, 0.05) is 23.6 Å². The van der Waals surface area contributed by atoms with Gasteiger partial charge in [0.15, 0.2) is 0 Å². The van der Waals surface area contributed by atoms with Gasteiger partial charge >= 0.3 is 0 Å². The van der Waals surface area contributed by atoms with Gasteiger partial charge in [0.1, 0.15) is 0 Å². The van der Waals surface area contributed by atoms with Crippen LogP contribution in [0.2, 0.25) is 0 Å². The highest BCUT2D eigenvalue weighted by Gasteiger charge is 2.25. The van der Waals surface area contributed by atoms with E-state index in [0.29, 0.717) is 4.75 Å². The van der Waals surface area contributed by atoms with Crippen LogP contribution in [0.25, 0.3) is 0 Å². The van der Waals surface area contributed by atoms with Gasteiger partial charge in [0.05, 0.1) is 12.0 Å². The van der Waals surface area contributed by atoms with E-state index in [1.165, 1.54) is 12.2 Å². The third-order valence-corrected chi connectivity index (χ3v) is 5.10. The van der Waals surface area contributed by atoms with Gasteiger partial charge in [-0.05, 0) is 18.5 Å². The molecule has 3 heteroatoms. The molecule has 1 saturated heterocycles. The maximum atomic E-state index is 9.40. The zero-order valence-electron chi connectivity index (χ0n) is 11.8. The van der Waals surface area contributed by atoms with Gasteiger partial charge in [-0.15, -0.1) is 0 Å². The van der Waals surface area contributed by atoms with E-state index in [9.17, 15) is 5.26 Å². The molecule has 0 bridgehead atoms. The fraction of sp³-hybridized carbons (Fsp3) is 0.562. The van der Waals surface area contributed by atoms with Gasteiger partial charge in [-0.25, -0.2) is 0 Å². The minimum atomic E-state index is -0.00703. The van der Waals surface area contributed by atoms with Crippen molar-refractivity contribution in [3.63, 3.8) is 0 Å². The standard InChI is InChI=1S/C16H22N2S/c1-16(2)8-9-18(10-11-19-16)13-15(12-17)14-6-4-3-5-7-14/h3-7,15H,8-11,13H2,1-2H3. The smallest absolute Gasteiger partial charge is 0.0839 e. The molecular formula is C16H22N2S. The van der Waals surface area contributed by atoms with Crippen LogP contribution in [0.4, 0.5) is 0 Å². The fourth-order valence-electron chi connectivity index (χ4n) is 2.41. The molecule has 0 saturated carbocycles. The Morgan fingerprint density at radius 1 is 1.32 bits per heavy atom. The first-order chi connectivity index (χ1) is 9.11. The Hall–Kier alpha value is -0.980. The molecule has 0 radical (unpaired) electrons. The molecule has 1 unspecified atom stereocenters. The predicted molar refractivity (Wildman–Crippen MR) is 82.4 cm³/mol. The number of nitriles is 1. The summed E-state index contributed by atoms with van der Waals surface area (Å²) in [6.07, 6.45) is 1.20. The normalized spacial score (nSPS) is 21.3. The van der Waals surface area contributed by atoms with Crippen LogP contribution in [0.3, 0.4) is 0 Å². The molecule has 1 heterocycles. The molecule has 0 aliphatic carbocycles. The molecule has 1 aliphatic rings. The summed E-state index contributed by atoms with van der Waals surface area (Å²) in [5.74, 6) is 1.16. The zero-order valence-corrected chi connectivity index (χ0v) is 12.6. The number of hydrogen-bond acceptors (Lipinski definition) is 3. The summed E-state index contributed by atoms with van der Waals surface area (Å²) in [7, 11) is 0. The predicted octanol–water partition coefficient (Wildman–Crippen LogP) is 3.51. The summed E-state index contributed by atoms with van der Waals surface area (Å²) in [6, 6.07) is 12.6. The second-order valence-corrected chi connectivity index (χ2v) is 7.55. The van der Waals surface area contributed by atoms with Gasteiger partial charge in [0.2, 0.25) is 0 Å². The van der Waals surface area contributed by atoms with Crippen LogP contribution in [0, 0.1) is 11.3 Å². The lowest BCUT2D eigenvalue weighted by molar-refractivity contribution is 0.279. The Kier molecular flexibility index (Phi) is 4.90. The number of nitrogens with zero attached hydrogens (tertiary/aromatic N) is 2. The molecular weight excluding hydrogens is 252 g/mol. The van der Waals surface area contributed by atoms with E-state index in [4.69, 9.17) is 0 Å². The van der Waals surface area contributed by atoms with E-state index in [-0.39, 0.29) is 5.92 Å². The van der Waals surface area contributed by atoms with Gasteiger partial charge in [-0.3, -0.25) is 0 Å². The summed E-state index contributed by atoms with van der Waals surface area (Å²) in [5.41, 5.74) is 1.14. The molecule has 0 amide bonds. The lowest BCUT2D eigenvalue weighted by Gasteiger charge is -2.24. The first-order valence-electron chi connectivity index (χ1n) is 6.91. The van der Waals surface area contributed by atoms with E-state index in [2.05, 4.69) is 48.7 Å². The number of rotatable bonds is 3. The summed E-state index contributed by atoms with van der Waals surface area (Å²) < 4.78 is 0.379. The Balaban J connectivity index is 1.98. The van der Waals surface area contributed by atoms with Crippen LogP contribution in [0.15, 0.2) is 30.3 Å². The van der Waals surface area contributed by atoms with E-state index in [1.54, 1.807) is 0 Å². The minimum Gasteiger partial charge on any atom is -0.301 e. The van der Waals surface area contributed by atoms with Crippen molar-refractivity contribution in [3.8, 4) is 6.07 Å². The molecule has 2 rings (SSSR count). The van der Waals surface area contributed by atoms with Crippen LogP contribution < -0.4 is 0 Å². The van der Waals surface area contributed by atoms with Crippen molar-refractivity contribution in [3.05, 3.63) is 35.9 Å². The molecule has 0 spiro atoms. The molecule has 2 nitrogen and oxygen atoms in total. The number of hydrogen-bond donors (Lipinski definition) is 0. The van der Waals surface area contributed by atoms with E-state index in [0.717, 1.165) is 25.2 Å². The maximum absolute atomic E-state index is 9.40. The Bertz CT molecular complexity index is 436. The summed E-state index contributed by atoms with van der Waals surface area (Å²) in [5, 5.41) is 9.40. The average molecular weight is 274 g/mol. The van der Waals surface area contributed by atoms with Crippen molar-refractivity contribution in [1.82, 2.24) is 4.90 Å². The number of thioether (sulfide) groups is 1. The van der Waals surface area contributed by atoms with Crippen molar-refractivity contribution in [2.45, 2.75) is 30.9 Å². The molecule has 19 heavy (non-hydrogen) atoms. The molecule has 1 fully saturated rings. The Morgan fingerprint density at radius 3 is 2.74 bits per heavy atom. The van der Waals surface area contributed by atoms with Crippen LogP contribution >= 0.6 is 11.8 Å². The summed E-state index contributed by atoms with van der Waals surface area (Å²) >= 11 is 2.05. The maximum Gasteiger partial charge on any atom is 0.0839 e. The second kappa shape index (κ2) is 6.45. The number of benzene rings is 1. The highest BCUT2D eigenvalue weighted by molar-refractivity contribution is 8.00. The quantitative estimate of drug-likeness (QED) is 0.844. The van der Waals surface area contributed by atoms with Gasteiger partial charge in [-0.1, -0.05) is 44.2 Å². The van der Waals surface area contributed by atoms with Crippen LogP contribution in [-0.4, -0.2) is 35.0 Å². The first kappa shape index (κ1) is 14.4.